The molecule has 0 aliphatic heterocycles. The maximum absolute atomic E-state index is 13.0. The van der Waals surface area contributed by atoms with Crippen molar-refractivity contribution >= 4 is 59.0 Å². The van der Waals surface area contributed by atoms with Crippen LogP contribution in [0.1, 0.15) is 219 Å². The van der Waals surface area contributed by atoms with E-state index < -0.39 is 35.5 Å². The molecule has 0 saturated heterocycles. The number of unbranched alkanes of at least 4 members (excludes halogenated alkanes) is 6. The Hall–Kier alpha value is -10.4. The summed E-state index contributed by atoms with van der Waals surface area (Å²) in [7, 11) is 4.39. The third-order valence-electron chi connectivity index (χ3n) is 26.7. The molecule has 0 aromatic heterocycles. The van der Waals surface area contributed by atoms with Crippen LogP contribution >= 0.6 is 11.6 Å². The Balaban J connectivity index is 0.000000223. The van der Waals surface area contributed by atoms with Gasteiger partial charge in [-0.3, -0.25) is 4.79 Å². The number of ether oxygens (including phenoxy) is 14. The van der Waals surface area contributed by atoms with Crippen molar-refractivity contribution in [3.8, 4) is 17.2 Å². The Morgan fingerprint density at radius 3 is 1.07 bits per heavy atom. The second-order valence-electron chi connectivity index (χ2n) is 36.1. The van der Waals surface area contributed by atoms with E-state index >= 15 is 0 Å². The molecule has 6 aliphatic carbocycles. The zero-order valence-electron chi connectivity index (χ0n) is 78.8. The molecule has 3 N–H and O–H groups in total. The summed E-state index contributed by atoms with van der Waals surface area (Å²) in [5.74, 6) is 1.70. The number of aliphatic carboxylic acids is 1. The van der Waals surface area contributed by atoms with E-state index in [0.717, 1.165) is 193 Å². The van der Waals surface area contributed by atoms with Gasteiger partial charge in [0.05, 0.1) is 12.2 Å². The molecule has 6 aliphatic rings. The van der Waals surface area contributed by atoms with E-state index in [2.05, 4.69) is 43.7 Å². The van der Waals surface area contributed by atoms with Crippen molar-refractivity contribution in [3.63, 3.8) is 0 Å². The predicted molar refractivity (Wildman–Crippen MR) is 512 cm³/mol. The number of rotatable bonds is 48. The Bertz CT molecular complexity index is 4710. The summed E-state index contributed by atoms with van der Waals surface area (Å²) in [5.41, 5.74) is 10.5. The number of carboxylic acids is 1. The number of benzene rings is 7. The first-order chi connectivity index (χ1) is 65.1. The van der Waals surface area contributed by atoms with Crippen LogP contribution < -0.4 is 14.2 Å². The fourth-order valence-electron chi connectivity index (χ4n) is 20.2. The first kappa shape index (κ1) is 108. The molecule has 0 spiro atoms. The van der Waals surface area contributed by atoms with Crippen molar-refractivity contribution in [1.29, 1.82) is 0 Å². The number of carbonyl (C=O) groups is 8. The van der Waals surface area contributed by atoms with Crippen molar-refractivity contribution in [2.75, 3.05) is 61.0 Å². The van der Waals surface area contributed by atoms with Crippen LogP contribution in [0.3, 0.4) is 0 Å². The van der Waals surface area contributed by atoms with Gasteiger partial charge in [0.1, 0.15) is 87.9 Å². The molecule has 15 atom stereocenters. The van der Waals surface area contributed by atoms with Crippen LogP contribution in [0.4, 0.5) is 9.59 Å². The second kappa shape index (κ2) is 58.9. The maximum Gasteiger partial charge on any atom is 0.508 e. The molecule has 0 heterocycles. The number of carbonyl (C=O) groups excluding carboxylic acids is 7. The molecule has 7 aromatic carbocycles. The van der Waals surface area contributed by atoms with E-state index in [1.54, 1.807) is 0 Å². The smallest absolute Gasteiger partial charge is 0.482 e. The van der Waals surface area contributed by atoms with Crippen molar-refractivity contribution in [2.45, 2.75) is 265 Å². The van der Waals surface area contributed by atoms with Gasteiger partial charge < -0.3 is 81.6 Å². The van der Waals surface area contributed by atoms with Gasteiger partial charge in [-0.15, -0.1) is 0 Å². The molecule has 7 aromatic rings. The van der Waals surface area contributed by atoms with Gasteiger partial charge in [0.25, 0.3) is 0 Å². The predicted octanol–water partition coefficient (Wildman–Crippen LogP) is 20.2. The van der Waals surface area contributed by atoms with E-state index in [1.165, 1.54) is 38.0 Å². The lowest BCUT2D eigenvalue weighted by molar-refractivity contribution is -0.155. The van der Waals surface area contributed by atoms with Crippen LogP contribution in [0, 0.1) is 53.3 Å². The van der Waals surface area contributed by atoms with Crippen molar-refractivity contribution in [1.82, 2.24) is 0 Å². The zero-order chi connectivity index (χ0) is 95.4. The van der Waals surface area contributed by atoms with Gasteiger partial charge >= 0.3 is 42.2 Å². The zero-order valence-corrected chi connectivity index (χ0v) is 79.5. The molecule has 736 valence electrons. The van der Waals surface area contributed by atoms with Gasteiger partial charge in [-0.1, -0.05) is 231 Å². The Morgan fingerprint density at radius 1 is 0.370 bits per heavy atom. The van der Waals surface area contributed by atoms with E-state index in [4.69, 9.17) is 78.3 Å². The Labute approximate surface area is 802 Å². The first-order valence-corrected chi connectivity index (χ1v) is 48.5. The minimum Gasteiger partial charge on any atom is -0.482 e. The van der Waals surface area contributed by atoms with Crippen LogP contribution in [-0.4, -0.2) is 160 Å². The largest absolute Gasteiger partial charge is 0.508 e. The minimum atomic E-state index is -0.989. The topological polar surface area (TPSA) is 326 Å². The third-order valence-corrected chi connectivity index (χ3v) is 26.8. The molecule has 25 nitrogen and oxygen atoms in total. The van der Waals surface area contributed by atoms with Gasteiger partial charge in [0.2, 0.25) is 5.24 Å². The summed E-state index contributed by atoms with van der Waals surface area (Å²) in [6.07, 6.45) is 20.5. The summed E-state index contributed by atoms with van der Waals surface area (Å²) < 4.78 is 77.3. The SMILES string of the molecule is C.CCCCC[C@@H](CC[C@@H]1[C@H]2Cc3cccc(OCC(=O)O)c3C[C@H]2C[C@H]1O)OC(=O)COC.CCCCC[C@@H](CC[C@@H]1[C@H]2Cc3cccc(OCC(=O)OCc4ccccc4)c3C[C@H]2C[C@H]1OC(=O)OCc1ccccc1)OC(=O)COC.CCCCC[C@H](O)CC[C@@H]1[C@H]2Cc3cccc(OCC(=O)OCc4ccccc4)c3C[C@H]2C[C@H]1OC(=O)OCc1ccccc1.COCC(=O)Cl. The molecular weight excluding hydrogens is 1740 g/mol. The molecule has 0 bridgehead atoms. The van der Waals surface area contributed by atoms with Crippen LogP contribution in [-0.2, 0) is 146 Å². The van der Waals surface area contributed by atoms with E-state index in [0.29, 0.717) is 60.2 Å². The summed E-state index contributed by atoms with van der Waals surface area (Å²) in [6, 6.07) is 56.1. The Kier molecular flexibility index (Phi) is 47.2. The molecule has 3 fully saturated rings. The van der Waals surface area contributed by atoms with E-state index in [1.807, 2.05) is 158 Å². The number of hydrogen-bond donors (Lipinski definition) is 3. The summed E-state index contributed by atoms with van der Waals surface area (Å²) in [5, 5.41) is 30.1. The van der Waals surface area contributed by atoms with Crippen molar-refractivity contribution in [3.05, 3.63) is 232 Å². The van der Waals surface area contributed by atoms with Gasteiger partial charge in [-0.05, 0) is 267 Å². The molecule has 0 radical (unpaired) electrons. The molecule has 135 heavy (non-hydrogen) atoms. The number of methoxy groups -OCH3 is 3. The van der Waals surface area contributed by atoms with E-state index in [9.17, 15) is 48.6 Å². The number of esters is 4. The summed E-state index contributed by atoms with van der Waals surface area (Å²) in [6.45, 7) is 6.38. The van der Waals surface area contributed by atoms with Crippen LogP contribution in [0.2, 0.25) is 0 Å². The number of hydrogen-bond acceptors (Lipinski definition) is 24. The molecule has 26 heteroatoms. The van der Waals surface area contributed by atoms with E-state index in [-0.39, 0.29) is 152 Å². The lowest BCUT2D eigenvalue weighted by atomic mass is 9.73. The van der Waals surface area contributed by atoms with Gasteiger partial charge in [-0.2, -0.15) is 0 Å². The number of aliphatic hydroxyl groups is 2. The number of halogens is 1. The quantitative estimate of drug-likeness (QED) is 0.0138. The number of carboxylic acid groups (broad SMARTS) is 1. The lowest BCUT2D eigenvalue weighted by Crippen LogP contribution is -2.31. The van der Waals surface area contributed by atoms with Gasteiger partial charge in [0.15, 0.2) is 19.8 Å². The average molecular weight is 1890 g/mol. The normalized spacial score (nSPS) is 20.7. The molecule has 0 amide bonds. The van der Waals surface area contributed by atoms with Crippen molar-refractivity contribution < 1.29 is 120 Å². The van der Waals surface area contributed by atoms with Crippen LogP contribution in [0.25, 0.3) is 0 Å². The summed E-state index contributed by atoms with van der Waals surface area (Å²) >= 11 is 4.81. The lowest BCUT2D eigenvalue weighted by Gasteiger charge is -2.33. The maximum atomic E-state index is 13.0. The fraction of sp³-hybridized carbons (Fsp3) is 0.541. The molecular formula is C109H143ClO25. The molecule has 3 saturated carbocycles. The highest BCUT2D eigenvalue weighted by atomic mass is 35.5. The fourth-order valence-corrected chi connectivity index (χ4v) is 20.3. The Morgan fingerprint density at radius 2 is 0.711 bits per heavy atom. The highest BCUT2D eigenvalue weighted by Gasteiger charge is 2.50. The second-order valence-corrected chi connectivity index (χ2v) is 36.5. The monoisotopic (exact) mass is 1890 g/mol. The minimum absolute atomic E-state index is 0. The van der Waals surface area contributed by atoms with Gasteiger partial charge in [-0.25, -0.2) is 33.6 Å². The third kappa shape index (κ3) is 35.9. The molecule has 13 rings (SSSR count). The standard InChI is InChI=1S/C41H50O9.C38H46O7.C26H38O7.C3H5ClO2.CH4/c1-3-4-7-18-33(49-40(43)27-45-2)20-21-34-35-22-31-17-12-19-37(46-28-39(42)47-25-29-13-8-5-9-14-29)36(31)23-32(35)24-38(34)50-41(44)48-26-30-15-10-6-11-16-30;1-2-3-6-17-31(39)19-20-32-33-21-29-16-11-18-35(42-26-37(40)43-24-27-12-7-4-8-13-27)34(29)22-30(33)23-36(32)45-38(41)44-25-28-14-9-5-10-15-28;1-3-4-5-8-19(33-26(30)16-31-2)10-11-20-21-12-17-7-6-9-24(32-15-25(28)29)22(17)13-18(21)14-23(20)27;1-6-2-3(4)5;/h5-6,8-17,19,32-35,38H,3-4,7,18,20-28H2,1-2H3;4-5,7-16,18,30-33,36,39H,2-3,6,17,19-26H2,1H3;6-7,9,18-21,23,27H,3-5,8,10-16H2,1-2H3,(H,28,29);2H2,1H3;1H4/t32-,33-,34+,35-,38+;30-,31-,32+,33-,36+;18-,19-,20+,21-,23+;;/m000../s1. The summed E-state index contributed by atoms with van der Waals surface area (Å²) in [4.78, 5) is 95.9. The number of aliphatic hydroxyl groups excluding tert-OH is 2. The highest BCUT2D eigenvalue weighted by molar-refractivity contribution is 6.63. The van der Waals surface area contributed by atoms with Crippen LogP contribution in [0.15, 0.2) is 176 Å². The average Bonchev–Trinajstić information content (AvgIpc) is 1.64. The van der Waals surface area contributed by atoms with Crippen LogP contribution in [0.5, 0.6) is 17.2 Å². The van der Waals surface area contributed by atoms with Crippen molar-refractivity contribution in [2.24, 2.45) is 53.3 Å². The molecule has 0 unspecified atom stereocenters. The number of fused-ring (bicyclic) bond motifs is 6. The first-order valence-electron chi connectivity index (χ1n) is 48.1. The van der Waals surface area contributed by atoms with Gasteiger partial charge in [0, 0.05) is 21.3 Å². The highest BCUT2D eigenvalue weighted by Crippen LogP contribution is 2.53.